The number of nitrogens with zero attached hydrogens (tertiary/aromatic N) is 1. The summed E-state index contributed by atoms with van der Waals surface area (Å²) in [5.41, 5.74) is 2.20. The first kappa shape index (κ1) is 11.7. The lowest BCUT2D eigenvalue weighted by Gasteiger charge is -2.57. The van der Waals surface area contributed by atoms with Crippen LogP contribution >= 0.6 is 0 Å². The van der Waals surface area contributed by atoms with Crippen LogP contribution in [0.1, 0.15) is 39.5 Å². The molecule has 17 heavy (non-hydrogen) atoms. The Kier molecular flexibility index (Phi) is 2.83. The van der Waals surface area contributed by atoms with E-state index in [2.05, 4.69) is 24.8 Å². The average molecular weight is 235 g/mol. The summed E-state index contributed by atoms with van der Waals surface area (Å²) in [7, 11) is 0. The first-order chi connectivity index (χ1) is 8.07. The van der Waals surface area contributed by atoms with Crippen LogP contribution in [-0.2, 0) is 0 Å². The molecule has 1 saturated heterocycles. The average Bonchev–Trinajstić information content (AvgIpc) is 2.29. The molecule has 96 valence electrons. The third-order valence-corrected chi connectivity index (χ3v) is 5.47. The smallest absolute Gasteiger partial charge is 0.0667 e. The van der Waals surface area contributed by atoms with Gasteiger partial charge in [0.15, 0.2) is 0 Å². The molecule has 4 rings (SSSR count). The fraction of sp³-hybridized carbons (Fsp3) is 0.867. The Morgan fingerprint density at radius 3 is 2.94 bits per heavy atom. The molecule has 2 bridgehead atoms. The van der Waals surface area contributed by atoms with E-state index in [9.17, 15) is 5.11 Å². The Hall–Kier alpha value is -0.340. The van der Waals surface area contributed by atoms with Gasteiger partial charge < -0.3 is 5.11 Å². The van der Waals surface area contributed by atoms with Gasteiger partial charge in [0.2, 0.25) is 0 Å². The minimum Gasteiger partial charge on any atom is -0.392 e. The number of aliphatic hydroxyl groups is 1. The molecular formula is C15H25NO. The predicted octanol–water partition coefficient (Wildman–Crippen LogP) is 2.44. The molecule has 0 radical (unpaired) electrons. The number of likely N-dealkylation sites (tertiary alicyclic amines) is 1. The zero-order valence-corrected chi connectivity index (χ0v) is 11.2. The maximum absolute atomic E-state index is 9.73. The summed E-state index contributed by atoms with van der Waals surface area (Å²) in [5, 5.41) is 9.73. The van der Waals surface area contributed by atoms with Crippen molar-refractivity contribution in [2.45, 2.75) is 45.6 Å². The summed E-state index contributed by atoms with van der Waals surface area (Å²) in [6.07, 6.45) is 7.25. The highest BCUT2D eigenvalue weighted by Gasteiger charge is 2.51. The molecule has 1 saturated carbocycles. The molecule has 1 N–H and O–H groups in total. The first-order valence-electron chi connectivity index (χ1n) is 7.16. The monoisotopic (exact) mass is 235 g/mol. The molecule has 3 aliphatic carbocycles. The molecule has 0 unspecified atom stereocenters. The maximum Gasteiger partial charge on any atom is 0.0667 e. The van der Waals surface area contributed by atoms with Gasteiger partial charge in [-0.05, 0) is 49.5 Å². The Balaban J connectivity index is 1.64. The molecule has 0 aromatic rings. The minimum absolute atomic E-state index is 0.0879. The van der Waals surface area contributed by atoms with Crippen LogP contribution < -0.4 is 0 Å². The Morgan fingerprint density at radius 1 is 1.47 bits per heavy atom. The third-order valence-electron chi connectivity index (χ3n) is 5.47. The number of hydrogen-bond donors (Lipinski definition) is 1. The second-order valence-electron chi connectivity index (χ2n) is 6.85. The SMILES string of the molecule is CC1(C)[C@@H]2CC=C(CN3CCC[C@@H](O)C3)[C@H]1C2. The van der Waals surface area contributed by atoms with Gasteiger partial charge in [-0.15, -0.1) is 0 Å². The number of β-amino-alcohol motifs (C(OH)–C–C–N with tert-alkyl or cyclic N) is 1. The normalized spacial score (nSPS) is 40.6. The zero-order chi connectivity index (χ0) is 12.0. The highest BCUT2D eigenvalue weighted by Crippen LogP contribution is 2.59. The van der Waals surface area contributed by atoms with Crippen LogP contribution in [0.15, 0.2) is 11.6 Å². The number of piperidine rings is 1. The number of fused-ring (bicyclic) bond motifs is 1. The lowest BCUT2D eigenvalue weighted by atomic mass is 9.49. The Bertz CT molecular complexity index is 334. The van der Waals surface area contributed by atoms with E-state index in [1.807, 2.05) is 0 Å². The van der Waals surface area contributed by atoms with Crippen LogP contribution in [0.3, 0.4) is 0 Å². The molecular weight excluding hydrogens is 210 g/mol. The minimum atomic E-state index is -0.0879. The van der Waals surface area contributed by atoms with Crippen molar-refractivity contribution >= 4 is 0 Å². The molecule has 1 aliphatic heterocycles. The summed E-state index contributed by atoms with van der Waals surface area (Å²) in [6.45, 7) is 8.03. The van der Waals surface area contributed by atoms with Crippen molar-refractivity contribution in [2.75, 3.05) is 19.6 Å². The molecule has 0 aromatic heterocycles. The second-order valence-corrected chi connectivity index (χ2v) is 6.85. The van der Waals surface area contributed by atoms with E-state index in [1.54, 1.807) is 5.57 Å². The van der Waals surface area contributed by atoms with Gasteiger partial charge in [0.25, 0.3) is 0 Å². The van der Waals surface area contributed by atoms with Crippen molar-refractivity contribution in [2.24, 2.45) is 17.3 Å². The van der Waals surface area contributed by atoms with E-state index in [4.69, 9.17) is 0 Å². The van der Waals surface area contributed by atoms with E-state index >= 15 is 0 Å². The lowest BCUT2D eigenvalue weighted by molar-refractivity contribution is -0.0136. The van der Waals surface area contributed by atoms with Crippen LogP contribution in [0.5, 0.6) is 0 Å². The van der Waals surface area contributed by atoms with Gasteiger partial charge in [0.05, 0.1) is 6.10 Å². The number of allylic oxidation sites excluding steroid dienone is 1. The van der Waals surface area contributed by atoms with E-state index in [0.717, 1.165) is 37.8 Å². The van der Waals surface area contributed by atoms with E-state index in [1.165, 1.54) is 19.4 Å². The third kappa shape index (κ3) is 1.96. The van der Waals surface area contributed by atoms with Crippen LogP contribution in [0, 0.1) is 17.3 Å². The molecule has 0 aromatic carbocycles. The fourth-order valence-electron chi connectivity index (χ4n) is 4.09. The molecule has 3 atom stereocenters. The van der Waals surface area contributed by atoms with Crippen LogP contribution in [0.25, 0.3) is 0 Å². The van der Waals surface area contributed by atoms with Gasteiger partial charge in [0, 0.05) is 13.1 Å². The molecule has 2 fully saturated rings. The van der Waals surface area contributed by atoms with Crippen molar-refractivity contribution in [1.29, 1.82) is 0 Å². The van der Waals surface area contributed by atoms with Gasteiger partial charge in [-0.2, -0.15) is 0 Å². The van der Waals surface area contributed by atoms with Gasteiger partial charge in [-0.25, -0.2) is 0 Å². The van der Waals surface area contributed by atoms with Gasteiger partial charge in [0.1, 0.15) is 0 Å². The van der Waals surface area contributed by atoms with Crippen LogP contribution in [-0.4, -0.2) is 35.7 Å². The van der Waals surface area contributed by atoms with Crippen molar-refractivity contribution in [3.8, 4) is 0 Å². The Morgan fingerprint density at radius 2 is 2.29 bits per heavy atom. The van der Waals surface area contributed by atoms with Crippen molar-refractivity contribution in [1.82, 2.24) is 4.90 Å². The summed E-state index contributed by atoms with van der Waals surface area (Å²) >= 11 is 0. The highest BCUT2D eigenvalue weighted by atomic mass is 16.3. The first-order valence-corrected chi connectivity index (χ1v) is 7.16. The quantitative estimate of drug-likeness (QED) is 0.743. The number of hydrogen-bond acceptors (Lipinski definition) is 2. The molecule has 0 spiro atoms. The van der Waals surface area contributed by atoms with Crippen LogP contribution in [0.4, 0.5) is 0 Å². The zero-order valence-electron chi connectivity index (χ0n) is 11.2. The number of rotatable bonds is 2. The van der Waals surface area contributed by atoms with Crippen molar-refractivity contribution < 1.29 is 5.11 Å². The predicted molar refractivity (Wildman–Crippen MR) is 69.8 cm³/mol. The number of aliphatic hydroxyl groups excluding tert-OH is 1. The fourth-order valence-corrected chi connectivity index (χ4v) is 4.09. The molecule has 2 heteroatoms. The largest absolute Gasteiger partial charge is 0.392 e. The van der Waals surface area contributed by atoms with E-state index in [0.29, 0.717) is 5.41 Å². The molecule has 0 amide bonds. The summed E-state index contributed by atoms with van der Waals surface area (Å²) in [5.74, 6) is 1.75. The second kappa shape index (κ2) is 4.10. The van der Waals surface area contributed by atoms with Crippen molar-refractivity contribution in [3.05, 3.63) is 11.6 Å². The maximum atomic E-state index is 9.73. The summed E-state index contributed by atoms with van der Waals surface area (Å²) in [4.78, 5) is 2.45. The van der Waals surface area contributed by atoms with Gasteiger partial charge in [-0.1, -0.05) is 25.5 Å². The summed E-state index contributed by atoms with van der Waals surface area (Å²) < 4.78 is 0. The van der Waals surface area contributed by atoms with Crippen LogP contribution in [0.2, 0.25) is 0 Å². The van der Waals surface area contributed by atoms with E-state index < -0.39 is 0 Å². The molecule has 1 heterocycles. The lowest BCUT2D eigenvalue weighted by Crippen LogP contribution is -2.50. The van der Waals surface area contributed by atoms with Gasteiger partial charge >= 0.3 is 0 Å². The van der Waals surface area contributed by atoms with Crippen molar-refractivity contribution in [3.63, 3.8) is 0 Å². The standard InChI is InChI=1S/C15H25NO/c1-15(2)12-6-5-11(14(15)8-12)9-16-7-3-4-13(17)10-16/h5,12-14,17H,3-4,6-10H2,1-2H3/t12-,13-,14-/m1/s1. The molecule has 2 nitrogen and oxygen atoms in total. The topological polar surface area (TPSA) is 23.5 Å². The molecule has 4 aliphatic rings. The summed E-state index contributed by atoms with van der Waals surface area (Å²) in [6, 6.07) is 0. The Labute approximate surface area is 105 Å². The van der Waals surface area contributed by atoms with E-state index in [-0.39, 0.29) is 6.10 Å². The highest BCUT2D eigenvalue weighted by molar-refractivity contribution is 5.24. The van der Waals surface area contributed by atoms with Gasteiger partial charge in [-0.3, -0.25) is 4.90 Å².